The van der Waals surface area contributed by atoms with Crippen molar-refractivity contribution >= 4 is 0 Å². The number of rotatable bonds is 2. The van der Waals surface area contributed by atoms with Gasteiger partial charge in [-0.3, -0.25) is 0 Å². The van der Waals surface area contributed by atoms with Crippen LogP contribution in [-0.4, -0.2) is 5.11 Å². The quantitative estimate of drug-likeness (QED) is 0.712. The summed E-state index contributed by atoms with van der Waals surface area (Å²) in [4.78, 5) is 0. The molecule has 1 aromatic carbocycles. The number of benzene rings is 1. The molecule has 0 saturated heterocycles. The van der Waals surface area contributed by atoms with Crippen LogP contribution in [0.25, 0.3) is 0 Å². The van der Waals surface area contributed by atoms with Crippen LogP contribution in [0.2, 0.25) is 0 Å². The van der Waals surface area contributed by atoms with E-state index in [1.165, 1.54) is 5.56 Å². The molecular formula is C20H34O. The van der Waals surface area contributed by atoms with Crippen molar-refractivity contribution in [2.24, 2.45) is 5.41 Å². The van der Waals surface area contributed by atoms with Gasteiger partial charge in [0.25, 0.3) is 0 Å². The molecule has 21 heavy (non-hydrogen) atoms. The van der Waals surface area contributed by atoms with Crippen molar-refractivity contribution in [2.75, 3.05) is 0 Å². The molecule has 1 heteroatoms. The van der Waals surface area contributed by atoms with Gasteiger partial charge in [-0.05, 0) is 45.8 Å². The molecule has 120 valence electrons. The van der Waals surface area contributed by atoms with E-state index in [1.54, 1.807) is 0 Å². The standard InChI is InChI=1S/C20H34O/c1-18(2,3)11-10-14-12-15(19(4,5)6)17(21)16(13-14)20(7,8)9/h12-13,21H,10-11H2,1-9H3. The number of hydrogen-bond donors (Lipinski definition) is 1. The maximum atomic E-state index is 10.7. The Morgan fingerprint density at radius 1 is 0.762 bits per heavy atom. The summed E-state index contributed by atoms with van der Waals surface area (Å²) in [5, 5.41) is 10.7. The van der Waals surface area contributed by atoms with Gasteiger partial charge in [0.15, 0.2) is 0 Å². The number of phenols is 1. The molecule has 0 bridgehead atoms. The summed E-state index contributed by atoms with van der Waals surface area (Å²) in [6.07, 6.45) is 2.22. The van der Waals surface area contributed by atoms with Crippen molar-refractivity contribution in [1.82, 2.24) is 0 Å². The zero-order valence-electron chi connectivity index (χ0n) is 15.5. The summed E-state index contributed by atoms with van der Waals surface area (Å²) in [6.45, 7) is 19.9. The zero-order valence-corrected chi connectivity index (χ0v) is 15.5. The van der Waals surface area contributed by atoms with Crippen LogP contribution < -0.4 is 0 Å². The number of hydrogen-bond acceptors (Lipinski definition) is 1. The second-order valence-electron chi connectivity index (χ2n) is 9.60. The van der Waals surface area contributed by atoms with Crippen LogP contribution >= 0.6 is 0 Å². The minimum atomic E-state index is -0.0399. The first-order valence-electron chi connectivity index (χ1n) is 8.09. The first-order valence-corrected chi connectivity index (χ1v) is 8.09. The van der Waals surface area contributed by atoms with Gasteiger partial charge in [-0.2, -0.15) is 0 Å². The fourth-order valence-electron chi connectivity index (χ4n) is 2.50. The third kappa shape index (κ3) is 5.05. The SMILES string of the molecule is CC(C)(C)CCc1cc(C(C)(C)C)c(O)c(C(C)(C)C)c1. The molecule has 1 rings (SSSR count). The monoisotopic (exact) mass is 290 g/mol. The van der Waals surface area contributed by atoms with Gasteiger partial charge in [-0.15, -0.1) is 0 Å². The Hall–Kier alpha value is -0.980. The smallest absolute Gasteiger partial charge is 0.123 e. The van der Waals surface area contributed by atoms with Crippen molar-refractivity contribution in [3.05, 3.63) is 28.8 Å². The lowest BCUT2D eigenvalue weighted by atomic mass is 9.77. The summed E-state index contributed by atoms with van der Waals surface area (Å²) in [5.41, 5.74) is 3.74. The lowest BCUT2D eigenvalue weighted by molar-refractivity contribution is 0.377. The molecule has 0 heterocycles. The van der Waals surface area contributed by atoms with E-state index in [4.69, 9.17) is 0 Å². The van der Waals surface area contributed by atoms with E-state index in [2.05, 4.69) is 74.4 Å². The van der Waals surface area contributed by atoms with E-state index in [9.17, 15) is 5.11 Å². The van der Waals surface area contributed by atoms with Crippen LogP contribution in [-0.2, 0) is 17.3 Å². The zero-order chi connectivity index (χ0) is 16.6. The Morgan fingerprint density at radius 2 is 1.14 bits per heavy atom. The molecule has 1 aromatic rings. The van der Waals surface area contributed by atoms with Gasteiger partial charge in [0.05, 0.1) is 0 Å². The molecule has 1 N–H and O–H groups in total. The maximum absolute atomic E-state index is 10.7. The maximum Gasteiger partial charge on any atom is 0.123 e. The van der Waals surface area contributed by atoms with Gasteiger partial charge in [0.2, 0.25) is 0 Å². The van der Waals surface area contributed by atoms with E-state index in [-0.39, 0.29) is 10.8 Å². The molecule has 0 amide bonds. The first kappa shape index (κ1) is 18.1. The Labute approximate surface area is 131 Å². The summed E-state index contributed by atoms with van der Waals surface area (Å²) in [6, 6.07) is 4.41. The van der Waals surface area contributed by atoms with Crippen LogP contribution in [0, 0.1) is 5.41 Å². The van der Waals surface area contributed by atoms with Gasteiger partial charge < -0.3 is 5.11 Å². The largest absolute Gasteiger partial charge is 0.507 e. The molecule has 0 atom stereocenters. The Balaban J connectivity index is 3.34. The van der Waals surface area contributed by atoms with Crippen molar-refractivity contribution in [3.8, 4) is 5.75 Å². The molecule has 0 aromatic heterocycles. The highest BCUT2D eigenvalue weighted by molar-refractivity contribution is 5.49. The van der Waals surface area contributed by atoms with Gasteiger partial charge >= 0.3 is 0 Å². The highest BCUT2D eigenvalue weighted by atomic mass is 16.3. The molecule has 0 aliphatic carbocycles. The summed E-state index contributed by atoms with van der Waals surface area (Å²) < 4.78 is 0. The number of phenolic OH excluding ortho intramolecular Hbond substituents is 1. The third-order valence-electron chi connectivity index (χ3n) is 3.95. The highest BCUT2D eigenvalue weighted by Gasteiger charge is 2.26. The van der Waals surface area contributed by atoms with E-state index in [0.29, 0.717) is 11.2 Å². The van der Waals surface area contributed by atoms with Crippen molar-refractivity contribution in [2.45, 2.75) is 86.0 Å². The lowest BCUT2D eigenvalue weighted by Gasteiger charge is -2.28. The van der Waals surface area contributed by atoms with Gasteiger partial charge in [-0.1, -0.05) is 74.4 Å². The summed E-state index contributed by atoms with van der Waals surface area (Å²) >= 11 is 0. The topological polar surface area (TPSA) is 20.2 Å². The Kier molecular flexibility index (Phi) is 4.87. The fourth-order valence-corrected chi connectivity index (χ4v) is 2.50. The molecule has 0 fully saturated rings. The van der Waals surface area contributed by atoms with Crippen LogP contribution in [0.15, 0.2) is 12.1 Å². The number of aromatic hydroxyl groups is 1. The van der Waals surface area contributed by atoms with Gasteiger partial charge in [0.1, 0.15) is 5.75 Å². The average Bonchev–Trinajstić information content (AvgIpc) is 2.23. The van der Waals surface area contributed by atoms with E-state index in [0.717, 1.165) is 24.0 Å². The molecule has 0 aliphatic rings. The lowest BCUT2D eigenvalue weighted by Crippen LogP contribution is -2.18. The molecule has 0 radical (unpaired) electrons. The second-order valence-corrected chi connectivity index (χ2v) is 9.60. The molecule has 0 spiro atoms. The van der Waals surface area contributed by atoms with Gasteiger partial charge in [0, 0.05) is 0 Å². The minimum Gasteiger partial charge on any atom is -0.507 e. The predicted octanol–water partition coefficient (Wildman–Crippen LogP) is 5.97. The molecule has 1 nitrogen and oxygen atoms in total. The average molecular weight is 290 g/mol. The normalized spacial score (nSPS) is 13.6. The fraction of sp³-hybridized carbons (Fsp3) is 0.700. The highest BCUT2D eigenvalue weighted by Crippen LogP contribution is 2.40. The molecule has 0 unspecified atom stereocenters. The first-order chi connectivity index (χ1) is 9.22. The van der Waals surface area contributed by atoms with Crippen LogP contribution in [0.3, 0.4) is 0 Å². The Morgan fingerprint density at radius 3 is 1.43 bits per heavy atom. The summed E-state index contributed by atoms with van der Waals surface area (Å²) in [5.74, 6) is 0.481. The minimum absolute atomic E-state index is 0.0399. The Bertz CT molecular complexity index is 455. The predicted molar refractivity (Wildman–Crippen MR) is 93.3 cm³/mol. The van der Waals surface area contributed by atoms with Crippen LogP contribution in [0.1, 0.15) is 85.4 Å². The molecule has 0 saturated carbocycles. The second kappa shape index (κ2) is 5.66. The van der Waals surface area contributed by atoms with Crippen molar-refractivity contribution < 1.29 is 5.11 Å². The molecular weight excluding hydrogens is 256 g/mol. The number of aryl methyl sites for hydroxylation is 1. The van der Waals surface area contributed by atoms with Crippen LogP contribution in [0.4, 0.5) is 0 Å². The van der Waals surface area contributed by atoms with Crippen molar-refractivity contribution in [3.63, 3.8) is 0 Å². The molecule has 0 aliphatic heterocycles. The summed E-state index contributed by atoms with van der Waals surface area (Å²) in [7, 11) is 0. The van der Waals surface area contributed by atoms with E-state index < -0.39 is 0 Å². The third-order valence-corrected chi connectivity index (χ3v) is 3.95. The van der Waals surface area contributed by atoms with Gasteiger partial charge in [-0.25, -0.2) is 0 Å². The van der Waals surface area contributed by atoms with E-state index >= 15 is 0 Å². The van der Waals surface area contributed by atoms with Crippen molar-refractivity contribution in [1.29, 1.82) is 0 Å². The van der Waals surface area contributed by atoms with Crippen LogP contribution in [0.5, 0.6) is 5.75 Å². The van der Waals surface area contributed by atoms with E-state index in [1.807, 2.05) is 0 Å².